The third-order valence-corrected chi connectivity index (χ3v) is 5.15. The van der Waals surface area contributed by atoms with E-state index in [4.69, 9.17) is 10.00 Å². The molecule has 1 saturated heterocycles. The van der Waals surface area contributed by atoms with Crippen molar-refractivity contribution in [2.75, 3.05) is 12.3 Å². The molecule has 130 valence electrons. The summed E-state index contributed by atoms with van der Waals surface area (Å²) in [6, 6.07) is 5.10. The van der Waals surface area contributed by atoms with Crippen LogP contribution in [0.4, 0.5) is 4.79 Å². The first-order valence-electron chi connectivity index (χ1n) is 8.05. The first-order chi connectivity index (χ1) is 11.3. The summed E-state index contributed by atoms with van der Waals surface area (Å²) in [6.07, 6.45) is 3.83. The van der Waals surface area contributed by atoms with Gasteiger partial charge in [-0.1, -0.05) is 0 Å². The van der Waals surface area contributed by atoms with E-state index in [2.05, 4.69) is 4.98 Å². The quantitative estimate of drug-likeness (QED) is 0.838. The van der Waals surface area contributed by atoms with E-state index in [1.165, 1.54) is 6.20 Å². The zero-order chi connectivity index (χ0) is 17.7. The van der Waals surface area contributed by atoms with Gasteiger partial charge in [-0.2, -0.15) is 5.26 Å². The third-order valence-electron chi connectivity index (χ3n) is 3.71. The second-order valence-corrected chi connectivity index (χ2v) is 8.21. The van der Waals surface area contributed by atoms with Crippen LogP contribution >= 0.6 is 0 Å². The van der Waals surface area contributed by atoms with E-state index in [-0.39, 0.29) is 22.9 Å². The Morgan fingerprint density at radius 3 is 2.92 bits per heavy atom. The molecule has 0 aromatic carbocycles. The number of carbonyl (C=O) groups excluding carboxylic acids is 1. The molecule has 0 saturated carbocycles. The van der Waals surface area contributed by atoms with Gasteiger partial charge in [-0.25, -0.2) is 9.78 Å². The number of piperidine rings is 1. The van der Waals surface area contributed by atoms with Gasteiger partial charge in [-0.3, -0.25) is 4.21 Å². The maximum atomic E-state index is 12.7. The third kappa shape index (κ3) is 4.78. The molecule has 1 aliphatic rings. The minimum absolute atomic E-state index is 0.164. The topological polar surface area (TPSA) is 83.3 Å². The summed E-state index contributed by atoms with van der Waals surface area (Å²) in [5, 5.41) is 9.42. The lowest BCUT2D eigenvalue weighted by Gasteiger charge is -2.36. The fourth-order valence-corrected chi connectivity index (χ4v) is 4.04. The molecule has 0 bridgehead atoms. The van der Waals surface area contributed by atoms with Crippen molar-refractivity contribution in [1.82, 2.24) is 9.88 Å². The molecule has 0 unspecified atom stereocenters. The van der Waals surface area contributed by atoms with Crippen LogP contribution in [0.15, 0.2) is 23.4 Å². The highest BCUT2D eigenvalue weighted by molar-refractivity contribution is 7.85. The van der Waals surface area contributed by atoms with Gasteiger partial charge >= 0.3 is 6.09 Å². The van der Waals surface area contributed by atoms with Crippen LogP contribution in [0.5, 0.6) is 0 Å². The Morgan fingerprint density at radius 2 is 2.25 bits per heavy atom. The Labute approximate surface area is 145 Å². The average Bonchev–Trinajstić information content (AvgIpc) is 2.53. The molecule has 1 amide bonds. The predicted molar refractivity (Wildman–Crippen MR) is 90.8 cm³/mol. The molecular formula is C17H23N3O3S. The normalized spacial score (nSPS) is 19.4. The van der Waals surface area contributed by atoms with E-state index in [1.807, 2.05) is 26.8 Å². The second-order valence-electron chi connectivity index (χ2n) is 6.80. The summed E-state index contributed by atoms with van der Waals surface area (Å²) in [5.41, 5.74) is -0.247. The van der Waals surface area contributed by atoms with E-state index in [0.717, 1.165) is 19.3 Å². The van der Waals surface area contributed by atoms with Gasteiger partial charge < -0.3 is 9.64 Å². The fourth-order valence-electron chi connectivity index (χ4n) is 2.65. The zero-order valence-corrected chi connectivity index (χ0v) is 15.1. The SMILES string of the molecule is CC(C)(C)OC(=O)N1CCCC[C@@H]1C[S@](=O)c1ncccc1C#N. The molecule has 0 N–H and O–H groups in total. The number of pyridine rings is 1. The average molecular weight is 349 g/mol. The maximum Gasteiger partial charge on any atom is 0.410 e. The van der Waals surface area contributed by atoms with Crippen molar-refractivity contribution in [3.8, 4) is 6.07 Å². The molecule has 1 aromatic heterocycles. The van der Waals surface area contributed by atoms with Crippen LogP contribution in [-0.4, -0.2) is 44.1 Å². The van der Waals surface area contributed by atoms with Crippen LogP contribution in [0.1, 0.15) is 45.6 Å². The number of nitriles is 1. The summed E-state index contributed by atoms with van der Waals surface area (Å²) in [4.78, 5) is 18.2. The highest BCUT2D eigenvalue weighted by Gasteiger charge is 2.32. The van der Waals surface area contributed by atoms with E-state index in [9.17, 15) is 9.00 Å². The van der Waals surface area contributed by atoms with Crippen LogP contribution in [0.25, 0.3) is 0 Å². The predicted octanol–water partition coefficient (Wildman–Crippen LogP) is 2.85. The summed E-state index contributed by atoms with van der Waals surface area (Å²) in [5.74, 6) is 0.269. The second kappa shape index (κ2) is 7.75. The standard InChI is InChI=1S/C17H23N3O3S/c1-17(2,3)23-16(21)20-10-5-4-8-14(20)12-24(22)15-13(11-18)7-6-9-19-15/h6-7,9,14H,4-5,8,10,12H2,1-3H3/t14-,24+/m1/s1. The fraction of sp³-hybridized carbons (Fsp3) is 0.588. The van der Waals surface area contributed by atoms with Gasteiger partial charge in [0.05, 0.1) is 22.1 Å². The molecule has 1 aliphatic heterocycles. The highest BCUT2D eigenvalue weighted by Crippen LogP contribution is 2.22. The first-order valence-corrected chi connectivity index (χ1v) is 9.37. The van der Waals surface area contributed by atoms with Gasteiger partial charge in [0.25, 0.3) is 0 Å². The maximum absolute atomic E-state index is 12.7. The summed E-state index contributed by atoms with van der Waals surface area (Å²) in [6.45, 7) is 6.09. The van der Waals surface area contributed by atoms with Crippen molar-refractivity contribution >= 4 is 16.9 Å². The lowest BCUT2D eigenvalue weighted by Crippen LogP contribution is -2.48. The molecule has 7 heteroatoms. The van der Waals surface area contributed by atoms with Crippen LogP contribution in [0.3, 0.4) is 0 Å². The van der Waals surface area contributed by atoms with Gasteiger partial charge in [0, 0.05) is 18.8 Å². The molecular weight excluding hydrogens is 326 g/mol. The van der Waals surface area contributed by atoms with Crippen LogP contribution in [0, 0.1) is 11.3 Å². The monoisotopic (exact) mass is 349 g/mol. The number of likely N-dealkylation sites (tertiary alicyclic amines) is 1. The first kappa shape index (κ1) is 18.4. The van der Waals surface area contributed by atoms with E-state index in [1.54, 1.807) is 17.0 Å². The molecule has 0 spiro atoms. The van der Waals surface area contributed by atoms with E-state index >= 15 is 0 Å². The Hall–Kier alpha value is -1.94. The number of amides is 1. The summed E-state index contributed by atoms with van der Waals surface area (Å²) in [7, 11) is -1.44. The Kier molecular flexibility index (Phi) is 5.94. The smallest absolute Gasteiger partial charge is 0.410 e. The largest absolute Gasteiger partial charge is 0.444 e. The number of hydrogen-bond acceptors (Lipinski definition) is 5. The number of rotatable bonds is 3. The van der Waals surface area contributed by atoms with Crippen LogP contribution in [0.2, 0.25) is 0 Å². The molecule has 24 heavy (non-hydrogen) atoms. The molecule has 6 nitrogen and oxygen atoms in total. The lowest BCUT2D eigenvalue weighted by atomic mass is 10.0. The number of hydrogen-bond donors (Lipinski definition) is 0. The number of nitrogens with zero attached hydrogens (tertiary/aromatic N) is 3. The number of carbonyl (C=O) groups is 1. The Bertz CT molecular complexity index is 664. The van der Waals surface area contributed by atoms with Crippen molar-refractivity contribution in [3.05, 3.63) is 23.9 Å². The molecule has 2 heterocycles. The Morgan fingerprint density at radius 1 is 1.50 bits per heavy atom. The van der Waals surface area contributed by atoms with Crippen molar-refractivity contribution in [3.63, 3.8) is 0 Å². The highest BCUT2D eigenvalue weighted by atomic mass is 32.2. The van der Waals surface area contributed by atoms with Crippen molar-refractivity contribution in [1.29, 1.82) is 5.26 Å². The van der Waals surface area contributed by atoms with E-state index < -0.39 is 16.4 Å². The molecule has 1 aromatic rings. The number of aromatic nitrogens is 1. The van der Waals surface area contributed by atoms with Crippen LogP contribution in [-0.2, 0) is 15.5 Å². The van der Waals surface area contributed by atoms with Crippen molar-refractivity contribution in [2.45, 2.75) is 56.7 Å². The van der Waals surface area contributed by atoms with Gasteiger partial charge in [0.2, 0.25) is 0 Å². The van der Waals surface area contributed by atoms with Gasteiger partial charge in [-0.05, 0) is 52.2 Å². The minimum Gasteiger partial charge on any atom is -0.444 e. The van der Waals surface area contributed by atoms with Gasteiger partial charge in [0.1, 0.15) is 16.7 Å². The molecule has 0 radical (unpaired) electrons. The molecule has 2 atom stereocenters. The molecule has 1 fully saturated rings. The van der Waals surface area contributed by atoms with Gasteiger partial charge in [-0.15, -0.1) is 0 Å². The van der Waals surface area contributed by atoms with Crippen molar-refractivity contribution in [2.24, 2.45) is 0 Å². The number of ether oxygens (including phenoxy) is 1. The summed E-state index contributed by atoms with van der Waals surface area (Å²) < 4.78 is 18.1. The van der Waals surface area contributed by atoms with Gasteiger partial charge in [0.15, 0.2) is 0 Å². The minimum atomic E-state index is -1.44. The lowest BCUT2D eigenvalue weighted by molar-refractivity contribution is 0.0125. The summed E-state index contributed by atoms with van der Waals surface area (Å²) >= 11 is 0. The van der Waals surface area contributed by atoms with Crippen LogP contribution < -0.4 is 0 Å². The molecule has 2 rings (SSSR count). The molecule has 0 aliphatic carbocycles. The van der Waals surface area contributed by atoms with Crippen molar-refractivity contribution < 1.29 is 13.7 Å². The van der Waals surface area contributed by atoms with E-state index in [0.29, 0.717) is 12.1 Å². The Balaban J connectivity index is 2.12. The zero-order valence-electron chi connectivity index (χ0n) is 14.3.